The number of carboxylic acids is 1. The van der Waals surface area contributed by atoms with Crippen LogP contribution in [0.25, 0.3) is 0 Å². The van der Waals surface area contributed by atoms with Crippen LogP contribution in [0.15, 0.2) is 21.5 Å². The molecule has 1 N–H and O–H groups in total. The van der Waals surface area contributed by atoms with E-state index in [-0.39, 0.29) is 16.0 Å². The minimum Gasteiger partial charge on any atom is -0.478 e. The smallest absolute Gasteiger partial charge is 0.336 e. The molecule has 1 aromatic rings. The van der Waals surface area contributed by atoms with Gasteiger partial charge in [0.25, 0.3) is 9.05 Å². The van der Waals surface area contributed by atoms with Crippen molar-refractivity contribution in [2.24, 2.45) is 0 Å². The molecule has 0 aliphatic heterocycles. The Morgan fingerprint density at radius 3 is 2.40 bits per heavy atom. The van der Waals surface area contributed by atoms with Gasteiger partial charge in [-0.3, -0.25) is 0 Å². The molecule has 7 heteroatoms. The van der Waals surface area contributed by atoms with Crippen LogP contribution in [0.5, 0.6) is 0 Å². The predicted octanol–water partition coefficient (Wildman–Crippen LogP) is 2.38. The van der Waals surface area contributed by atoms with Crippen LogP contribution >= 0.6 is 26.6 Å². The molecule has 15 heavy (non-hydrogen) atoms. The Morgan fingerprint density at radius 2 is 2.00 bits per heavy atom. The van der Waals surface area contributed by atoms with Crippen LogP contribution in [0.3, 0.4) is 0 Å². The highest BCUT2D eigenvalue weighted by Crippen LogP contribution is 2.27. The predicted molar refractivity (Wildman–Crippen MR) is 58.9 cm³/mol. The molecule has 0 atom stereocenters. The lowest BCUT2D eigenvalue weighted by Crippen LogP contribution is -2.04. The molecular formula is C8H6BrClO4S. The van der Waals surface area contributed by atoms with Crippen molar-refractivity contribution in [3.8, 4) is 0 Å². The van der Waals surface area contributed by atoms with Crippen molar-refractivity contribution in [3.63, 3.8) is 0 Å². The van der Waals surface area contributed by atoms with Gasteiger partial charge in [-0.05, 0) is 24.6 Å². The Balaban J connectivity index is 3.63. The highest BCUT2D eigenvalue weighted by atomic mass is 79.9. The van der Waals surface area contributed by atoms with Crippen molar-refractivity contribution in [1.82, 2.24) is 0 Å². The van der Waals surface area contributed by atoms with Crippen LogP contribution in [0, 0.1) is 6.92 Å². The third-order valence-corrected chi connectivity index (χ3v) is 3.72. The first-order chi connectivity index (χ1) is 6.73. The number of hydrogen-bond acceptors (Lipinski definition) is 3. The molecule has 0 aromatic heterocycles. The summed E-state index contributed by atoms with van der Waals surface area (Å²) in [5.41, 5.74) is 0.0318. The summed E-state index contributed by atoms with van der Waals surface area (Å²) in [6.07, 6.45) is 0. The van der Waals surface area contributed by atoms with Crippen molar-refractivity contribution in [1.29, 1.82) is 0 Å². The third-order valence-electron chi connectivity index (χ3n) is 1.82. The fraction of sp³-hybridized carbons (Fsp3) is 0.125. The van der Waals surface area contributed by atoms with E-state index < -0.39 is 15.0 Å². The van der Waals surface area contributed by atoms with E-state index in [1.54, 1.807) is 0 Å². The Hall–Kier alpha value is -0.590. The van der Waals surface area contributed by atoms with E-state index in [0.717, 1.165) is 0 Å². The van der Waals surface area contributed by atoms with Gasteiger partial charge in [0.2, 0.25) is 0 Å². The van der Waals surface area contributed by atoms with Gasteiger partial charge in [-0.15, -0.1) is 0 Å². The largest absolute Gasteiger partial charge is 0.478 e. The first-order valence-electron chi connectivity index (χ1n) is 3.71. The molecule has 0 unspecified atom stereocenters. The van der Waals surface area contributed by atoms with Crippen LogP contribution in [0.2, 0.25) is 0 Å². The summed E-state index contributed by atoms with van der Waals surface area (Å²) < 4.78 is 22.6. The zero-order valence-corrected chi connectivity index (χ0v) is 10.6. The summed E-state index contributed by atoms with van der Waals surface area (Å²) in [5, 5.41) is 8.82. The van der Waals surface area contributed by atoms with Gasteiger partial charge in [-0.1, -0.05) is 15.9 Å². The summed E-state index contributed by atoms with van der Waals surface area (Å²) in [6, 6.07) is 2.59. The number of halogens is 2. The summed E-state index contributed by atoms with van der Waals surface area (Å²) in [4.78, 5) is 10.6. The van der Waals surface area contributed by atoms with Crippen LogP contribution < -0.4 is 0 Å². The summed E-state index contributed by atoms with van der Waals surface area (Å²) >= 11 is 3.02. The van der Waals surface area contributed by atoms with E-state index in [0.29, 0.717) is 4.47 Å². The van der Waals surface area contributed by atoms with Crippen molar-refractivity contribution < 1.29 is 18.3 Å². The normalized spacial score (nSPS) is 11.4. The first kappa shape index (κ1) is 12.5. The van der Waals surface area contributed by atoms with Crippen molar-refractivity contribution in [3.05, 3.63) is 27.7 Å². The molecule has 82 valence electrons. The van der Waals surface area contributed by atoms with E-state index in [1.807, 2.05) is 0 Å². The second-order valence-electron chi connectivity index (χ2n) is 2.82. The van der Waals surface area contributed by atoms with Crippen LogP contribution in [0.4, 0.5) is 0 Å². The minimum atomic E-state index is -3.93. The van der Waals surface area contributed by atoms with Crippen molar-refractivity contribution >= 4 is 41.6 Å². The molecule has 0 bridgehead atoms. The Bertz CT molecular complexity index is 524. The van der Waals surface area contributed by atoms with Gasteiger partial charge in [0.15, 0.2) is 0 Å². The quantitative estimate of drug-likeness (QED) is 0.851. The summed E-state index contributed by atoms with van der Waals surface area (Å²) in [5.74, 6) is -1.20. The fourth-order valence-electron chi connectivity index (χ4n) is 1.13. The van der Waals surface area contributed by atoms with Gasteiger partial charge in [0.1, 0.15) is 0 Å². The topological polar surface area (TPSA) is 71.4 Å². The van der Waals surface area contributed by atoms with Gasteiger partial charge in [0, 0.05) is 15.2 Å². The lowest BCUT2D eigenvalue weighted by molar-refractivity contribution is 0.0695. The maximum Gasteiger partial charge on any atom is 0.336 e. The highest BCUT2D eigenvalue weighted by Gasteiger charge is 2.19. The van der Waals surface area contributed by atoms with Crippen LogP contribution in [0.1, 0.15) is 15.9 Å². The highest BCUT2D eigenvalue weighted by molar-refractivity contribution is 9.10. The van der Waals surface area contributed by atoms with Gasteiger partial charge in [0.05, 0.1) is 10.5 Å². The summed E-state index contributed by atoms with van der Waals surface area (Å²) in [6.45, 7) is 1.39. The summed E-state index contributed by atoms with van der Waals surface area (Å²) in [7, 11) is 1.24. The monoisotopic (exact) mass is 312 g/mol. The molecule has 0 amide bonds. The molecule has 1 aromatic carbocycles. The number of carbonyl (C=O) groups is 1. The molecule has 0 aliphatic rings. The van der Waals surface area contributed by atoms with E-state index in [4.69, 9.17) is 15.8 Å². The third kappa shape index (κ3) is 2.70. The minimum absolute atomic E-state index is 0.0939. The van der Waals surface area contributed by atoms with Crippen molar-refractivity contribution in [2.45, 2.75) is 11.8 Å². The van der Waals surface area contributed by atoms with E-state index >= 15 is 0 Å². The molecule has 4 nitrogen and oxygen atoms in total. The number of aromatic carboxylic acids is 1. The van der Waals surface area contributed by atoms with E-state index in [9.17, 15) is 13.2 Å². The number of carboxylic acid groups (broad SMARTS) is 1. The number of rotatable bonds is 2. The lowest BCUT2D eigenvalue weighted by atomic mass is 10.1. The molecule has 0 saturated carbocycles. The molecule has 0 radical (unpaired) electrons. The standard InChI is InChI=1S/C8H6BrClO4S/c1-4-6(8(11)12)2-5(9)3-7(4)15(10,13)14/h2-3H,1H3,(H,11,12). The second kappa shape index (κ2) is 4.11. The van der Waals surface area contributed by atoms with Crippen molar-refractivity contribution in [2.75, 3.05) is 0 Å². The molecule has 0 saturated heterocycles. The average molecular weight is 314 g/mol. The zero-order chi connectivity index (χ0) is 11.8. The number of benzene rings is 1. The van der Waals surface area contributed by atoms with Gasteiger partial charge in [-0.2, -0.15) is 0 Å². The molecule has 0 aliphatic carbocycles. The molecule has 1 rings (SSSR count). The van der Waals surface area contributed by atoms with Gasteiger partial charge < -0.3 is 5.11 Å². The van der Waals surface area contributed by atoms with E-state index in [1.165, 1.54) is 19.1 Å². The zero-order valence-electron chi connectivity index (χ0n) is 7.49. The maximum absolute atomic E-state index is 11.1. The molecule has 0 spiro atoms. The van der Waals surface area contributed by atoms with Crippen LogP contribution in [-0.2, 0) is 9.05 Å². The van der Waals surface area contributed by atoms with Gasteiger partial charge >= 0.3 is 5.97 Å². The van der Waals surface area contributed by atoms with Gasteiger partial charge in [-0.25, -0.2) is 13.2 Å². The lowest BCUT2D eigenvalue weighted by Gasteiger charge is -2.06. The fourth-order valence-corrected chi connectivity index (χ4v) is 2.96. The molecule has 0 heterocycles. The second-order valence-corrected chi connectivity index (χ2v) is 6.27. The average Bonchev–Trinajstić information content (AvgIpc) is 2.06. The van der Waals surface area contributed by atoms with Crippen LogP contribution in [-0.4, -0.2) is 19.5 Å². The Morgan fingerprint density at radius 1 is 1.47 bits per heavy atom. The molecule has 0 fully saturated rings. The Labute approximate surface area is 99.4 Å². The SMILES string of the molecule is Cc1c(C(=O)O)cc(Br)cc1S(=O)(=O)Cl. The Kier molecular flexibility index (Phi) is 3.42. The maximum atomic E-state index is 11.1. The van der Waals surface area contributed by atoms with E-state index in [2.05, 4.69) is 15.9 Å². The molecular weight excluding hydrogens is 308 g/mol. The number of hydrogen-bond donors (Lipinski definition) is 1. The first-order valence-corrected chi connectivity index (χ1v) is 6.82.